The maximum Gasteiger partial charge on any atom is 0.128 e. The van der Waals surface area contributed by atoms with Crippen LogP contribution in [0, 0.1) is 6.92 Å². The molecule has 0 aromatic carbocycles. The third-order valence-electron chi connectivity index (χ3n) is 2.74. The van der Waals surface area contributed by atoms with Crippen molar-refractivity contribution in [3.05, 3.63) is 23.9 Å². The van der Waals surface area contributed by atoms with Gasteiger partial charge in [-0.15, -0.1) is 0 Å². The van der Waals surface area contributed by atoms with E-state index in [9.17, 15) is 0 Å². The maximum atomic E-state index is 5.86. The van der Waals surface area contributed by atoms with Crippen LogP contribution < -0.4 is 10.6 Å². The van der Waals surface area contributed by atoms with Gasteiger partial charge in [0.25, 0.3) is 0 Å². The van der Waals surface area contributed by atoms with Gasteiger partial charge in [0.15, 0.2) is 0 Å². The molecule has 1 aromatic rings. The van der Waals surface area contributed by atoms with Gasteiger partial charge in [0.05, 0.1) is 0 Å². The first-order valence-electron chi connectivity index (χ1n) is 5.20. The van der Waals surface area contributed by atoms with E-state index >= 15 is 0 Å². The largest absolute Gasteiger partial charge is 0.356 e. The Bertz CT molecular complexity index is 303. The smallest absolute Gasteiger partial charge is 0.128 e. The minimum atomic E-state index is 0.385. The lowest BCUT2D eigenvalue weighted by Crippen LogP contribution is -2.40. The highest BCUT2D eigenvalue weighted by Crippen LogP contribution is 2.16. The molecule has 1 saturated heterocycles. The number of nitrogens with two attached hydrogens (primary N) is 1. The Kier molecular flexibility index (Phi) is 2.68. The van der Waals surface area contributed by atoms with Gasteiger partial charge in [-0.3, -0.25) is 0 Å². The van der Waals surface area contributed by atoms with E-state index in [2.05, 4.69) is 22.0 Å². The predicted octanol–water partition coefficient (Wildman–Crippen LogP) is 1.32. The maximum absolute atomic E-state index is 5.86. The molecule has 1 aromatic heterocycles. The van der Waals surface area contributed by atoms with Crippen LogP contribution >= 0.6 is 0 Å². The van der Waals surface area contributed by atoms with Crippen molar-refractivity contribution in [2.45, 2.75) is 25.8 Å². The molecule has 0 atom stereocenters. The van der Waals surface area contributed by atoms with Crippen molar-refractivity contribution in [2.75, 3.05) is 18.0 Å². The summed E-state index contributed by atoms with van der Waals surface area (Å²) in [6, 6.07) is 6.55. The van der Waals surface area contributed by atoms with Gasteiger partial charge in [0, 0.05) is 24.8 Å². The molecule has 1 aliphatic rings. The van der Waals surface area contributed by atoms with Gasteiger partial charge >= 0.3 is 0 Å². The van der Waals surface area contributed by atoms with Crippen LogP contribution in [0.15, 0.2) is 18.2 Å². The highest BCUT2D eigenvalue weighted by molar-refractivity contribution is 5.39. The summed E-state index contributed by atoms with van der Waals surface area (Å²) in [6.07, 6.45) is 2.16. The number of aryl methyl sites for hydroxylation is 1. The highest BCUT2D eigenvalue weighted by atomic mass is 15.2. The standard InChI is InChI=1S/C11H17N3/c1-9-3-2-4-11(13-9)14-7-5-10(12)6-8-14/h2-4,10H,5-8,12H2,1H3. The van der Waals surface area contributed by atoms with Crippen LogP contribution in [0.1, 0.15) is 18.5 Å². The van der Waals surface area contributed by atoms with E-state index in [1.165, 1.54) is 0 Å². The van der Waals surface area contributed by atoms with Crippen molar-refractivity contribution in [1.82, 2.24) is 4.98 Å². The summed E-state index contributed by atoms with van der Waals surface area (Å²) >= 11 is 0. The van der Waals surface area contributed by atoms with Gasteiger partial charge in [-0.25, -0.2) is 4.98 Å². The fourth-order valence-electron chi connectivity index (χ4n) is 1.83. The minimum Gasteiger partial charge on any atom is -0.356 e. The van der Waals surface area contributed by atoms with E-state index in [1.54, 1.807) is 0 Å². The normalized spacial score (nSPS) is 18.6. The molecule has 0 bridgehead atoms. The van der Waals surface area contributed by atoms with Crippen LogP contribution in [0.3, 0.4) is 0 Å². The number of rotatable bonds is 1. The minimum absolute atomic E-state index is 0.385. The van der Waals surface area contributed by atoms with Crippen molar-refractivity contribution in [3.8, 4) is 0 Å². The van der Waals surface area contributed by atoms with Gasteiger partial charge in [0.2, 0.25) is 0 Å². The molecule has 1 fully saturated rings. The molecule has 0 aliphatic carbocycles. The second-order valence-electron chi connectivity index (χ2n) is 3.96. The van der Waals surface area contributed by atoms with Crippen LogP contribution in [0.2, 0.25) is 0 Å². The van der Waals surface area contributed by atoms with Crippen LogP contribution in [0.4, 0.5) is 5.82 Å². The van der Waals surface area contributed by atoms with Crippen molar-refractivity contribution < 1.29 is 0 Å². The fourth-order valence-corrected chi connectivity index (χ4v) is 1.83. The quantitative estimate of drug-likeness (QED) is 0.728. The Morgan fingerprint density at radius 2 is 2.07 bits per heavy atom. The Morgan fingerprint density at radius 1 is 1.36 bits per heavy atom. The number of piperidine rings is 1. The molecule has 3 nitrogen and oxygen atoms in total. The van der Waals surface area contributed by atoms with E-state index in [-0.39, 0.29) is 0 Å². The molecule has 0 saturated carbocycles. The number of hydrogen-bond acceptors (Lipinski definition) is 3. The summed E-state index contributed by atoms with van der Waals surface area (Å²) in [5.41, 5.74) is 6.94. The predicted molar refractivity (Wildman–Crippen MR) is 58.4 cm³/mol. The molecule has 2 rings (SSSR count). The lowest BCUT2D eigenvalue weighted by atomic mass is 10.1. The van der Waals surface area contributed by atoms with Gasteiger partial charge < -0.3 is 10.6 Å². The zero-order valence-corrected chi connectivity index (χ0v) is 8.61. The van der Waals surface area contributed by atoms with Gasteiger partial charge in [-0.1, -0.05) is 6.07 Å². The molecular weight excluding hydrogens is 174 g/mol. The summed E-state index contributed by atoms with van der Waals surface area (Å²) in [7, 11) is 0. The average Bonchev–Trinajstić information content (AvgIpc) is 2.19. The highest BCUT2D eigenvalue weighted by Gasteiger charge is 2.16. The average molecular weight is 191 g/mol. The van der Waals surface area contributed by atoms with Crippen LogP contribution in [0.25, 0.3) is 0 Å². The van der Waals surface area contributed by atoms with E-state index in [4.69, 9.17) is 5.73 Å². The molecule has 1 aliphatic heterocycles. The zero-order chi connectivity index (χ0) is 9.97. The van der Waals surface area contributed by atoms with Crippen molar-refractivity contribution in [2.24, 2.45) is 5.73 Å². The Morgan fingerprint density at radius 3 is 2.71 bits per heavy atom. The molecule has 76 valence electrons. The van der Waals surface area contributed by atoms with Gasteiger partial charge in [0.1, 0.15) is 5.82 Å². The van der Waals surface area contributed by atoms with Crippen LogP contribution in [-0.4, -0.2) is 24.1 Å². The number of anilines is 1. The summed E-state index contributed by atoms with van der Waals surface area (Å²) < 4.78 is 0. The SMILES string of the molecule is Cc1cccc(N2CCC(N)CC2)n1. The Labute approximate surface area is 84.9 Å². The number of nitrogens with zero attached hydrogens (tertiary/aromatic N) is 2. The topological polar surface area (TPSA) is 42.1 Å². The number of pyridine rings is 1. The molecule has 0 radical (unpaired) electrons. The number of aromatic nitrogens is 1. The van der Waals surface area contributed by atoms with Gasteiger partial charge in [-0.2, -0.15) is 0 Å². The second-order valence-corrected chi connectivity index (χ2v) is 3.96. The molecule has 0 amide bonds. The molecule has 2 N–H and O–H groups in total. The van der Waals surface area contributed by atoms with Gasteiger partial charge in [-0.05, 0) is 31.9 Å². The van der Waals surface area contributed by atoms with E-state index < -0.39 is 0 Å². The molecule has 14 heavy (non-hydrogen) atoms. The Hall–Kier alpha value is -1.09. The van der Waals surface area contributed by atoms with Crippen molar-refractivity contribution in [3.63, 3.8) is 0 Å². The zero-order valence-electron chi connectivity index (χ0n) is 8.61. The second kappa shape index (κ2) is 3.96. The number of hydrogen-bond donors (Lipinski definition) is 1. The van der Waals surface area contributed by atoms with E-state index in [0.29, 0.717) is 6.04 Å². The first kappa shape index (κ1) is 9.46. The summed E-state index contributed by atoms with van der Waals surface area (Å²) in [5, 5.41) is 0. The lowest BCUT2D eigenvalue weighted by molar-refractivity contribution is 0.498. The molecule has 0 spiro atoms. The molecular formula is C11H17N3. The summed E-state index contributed by atoms with van der Waals surface area (Å²) in [4.78, 5) is 6.82. The first-order valence-corrected chi connectivity index (χ1v) is 5.20. The lowest BCUT2D eigenvalue weighted by Gasteiger charge is -2.31. The fraction of sp³-hybridized carbons (Fsp3) is 0.545. The first-order chi connectivity index (χ1) is 6.75. The van der Waals surface area contributed by atoms with Crippen LogP contribution in [0.5, 0.6) is 0 Å². The summed E-state index contributed by atoms with van der Waals surface area (Å²) in [6.45, 7) is 4.11. The molecule has 0 unspecified atom stereocenters. The third kappa shape index (κ3) is 2.04. The van der Waals surface area contributed by atoms with E-state index in [0.717, 1.165) is 37.4 Å². The van der Waals surface area contributed by atoms with Crippen molar-refractivity contribution in [1.29, 1.82) is 0 Å². The van der Waals surface area contributed by atoms with Crippen molar-refractivity contribution >= 4 is 5.82 Å². The third-order valence-corrected chi connectivity index (χ3v) is 2.74. The molecule has 2 heterocycles. The van der Waals surface area contributed by atoms with E-state index in [1.807, 2.05) is 13.0 Å². The molecule has 3 heteroatoms. The monoisotopic (exact) mass is 191 g/mol. The van der Waals surface area contributed by atoms with Crippen LogP contribution in [-0.2, 0) is 0 Å². The Balaban J connectivity index is 2.08. The summed E-state index contributed by atoms with van der Waals surface area (Å²) in [5.74, 6) is 1.09.